The first-order valence-corrected chi connectivity index (χ1v) is 12.1. The van der Waals surface area contributed by atoms with Crippen LogP contribution in [0.3, 0.4) is 0 Å². The summed E-state index contributed by atoms with van der Waals surface area (Å²) in [5.41, 5.74) is 2.17. The fourth-order valence-corrected chi connectivity index (χ4v) is 4.37. The van der Waals surface area contributed by atoms with Crippen molar-refractivity contribution >= 4 is 34.8 Å². The van der Waals surface area contributed by atoms with E-state index in [0.29, 0.717) is 44.2 Å². The second-order valence-corrected chi connectivity index (χ2v) is 9.31. The molecular weight excluding hydrogens is 464 g/mol. The van der Waals surface area contributed by atoms with Gasteiger partial charge in [-0.1, -0.05) is 6.07 Å². The zero-order valence-corrected chi connectivity index (χ0v) is 21.5. The van der Waals surface area contributed by atoms with Crippen LogP contribution in [0.1, 0.15) is 22.9 Å². The fraction of sp³-hybridized carbons (Fsp3) is 0.500. The summed E-state index contributed by atoms with van der Waals surface area (Å²) in [5, 5.41) is 1.31. The van der Waals surface area contributed by atoms with Gasteiger partial charge in [0.15, 0.2) is 11.5 Å². The van der Waals surface area contributed by atoms with Crippen LogP contribution in [0.4, 0.5) is 0 Å². The Bertz CT molecular complexity index is 918. The number of methoxy groups -OCH3 is 3. The second kappa shape index (κ2) is 13.4. The van der Waals surface area contributed by atoms with Crippen molar-refractivity contribution in [3.63, 3.8) is 0 Å². The minimum atomic E-state index is -0.714. The topological polar surface area (TPSA) is 68.3 Å². The quantitative estimate of drug-likeness (QED) is 0.395. The number of nitrogens with zero attached hydrogens (tertiary/aromatic N) is 2. The van der Waals surface area contributed by atoms with E-state index in [4.69, 9.17) is 25.8 Å². The van der Waals surface area contributed by atoms with Gasteiger partial charge < -0.3 is 24.0 Å². The number of aryl methyl sites for hydroxylation is 1. The number of carbonyl (C=O) groups excluding carboxylic acids is 2. The van der Waals surface area contributed by atoms with Crippen molar-refractivity contribution < 1.29 is 23.8 Å². The Morgan fingerprint density at radius 3 is 2.36 bits per heavy atom. The first-order valence-electron chi connectivity index (χ1n) is 10.7. The van der Waals surface area contributed by atoms with Crippen molar-refractivity contribution in [2.45, 2.75) is 32.2 Å². The molecule has 0 bridgehead atoms. The third-order valence-corrected chi connectivity index (χ3v) is 6.51. The van der Waals surface area contributed by atoms with Crippen LogP contribution in [-0.2, 0) is 27.3 Å². The summed E-state index contributed by atoms with van der Waals surface area (Å²) in [4.78, 5) is 30.2. The molecule has 2 rings (SSSR count). The Hall–Kier alpha value is -2.29. The number of hydrogen-bond acceptors (Lipinski definition) is 6. The van der Waals surface area contributed by atoms with E-state index in [9.17, 15) is 9.59 Å². The van der Waals surface area contributed by atoms with Crippen molar-refractivity contribution in [1.82, 2.24) is 9.80 Å². The Labute approximate surface area is 205 Å². The molecule has 0 aliphatic heterocycles. The number of hydrogen-bond donors (Lipinski definition) is 0. The third kappa shape index (κ3) is 7.91. The molecular formula is C24H33ClN2O5S. The molecule has 1 unspecified atom stereocenters. The highest BCUT2D eigenvalue weighted by atomic mass is 35.5. The molecule has 0 saturated carbocycles. The number of thiophene rings is 1. The third-order valence-electron chi connectivity index (χ3n) is 5.32. The van der Waals surface area contributed by atoms with Crippen LogP contribution in [0, 0.1) is 6.92 Å². The Morgan fingerprint density at radius 2 is 1.79 bits per heavy atom. The van der Waals surface area contributed by atoms with Crippen molar-refractivity contribution in [2.75, 3.05) is 47.6 Å². The molecule has 1 aromatic carbocycles. The van der Waals surface area contributed by atoms with Gasteiger partial charge in [-0.25, -0.2) is 0 Å². The van der Waals surface area contributed by atoms with Gasteiger partial charge in [0, 0.05) is 25.1 Å². The molecule has 2 amide bonds. The highest BCUT2D eigenvalue weighted by Crippen LogP contribution is 2.28. The van der Waals surface area contributed by atoms with Crippen molar-refractivity contribution in [2.24, 2.45) is 0 Å². The van der Waals surface area contributed by atoms with Crippen molar-refractivity contribution in [3.8, 4) is 11.5 Å². The van der Waals surface area contributed by atoms with E-state index in [-0.39, 0.29) is 18.4 Å². The maximum absolute atomic E-state index is 13.3. The molecule has 1 atom stereocenters. The molecule has 1 heterocycles. The van der Waals surface area contributed by atoms with Crippen LogP contribution in [0.25, 0.3) is 0 Å². The van der Waals surface area contributed by atoms with Crippen LogP contribution < -0.4 is 9.47 Å². The number of halogens is 1. The number of amides is 2. The van der Waals surface area contributed by atoms with Crippen molar-refractivity contribution in [1.29, 1.82) is 0 Å². The van der Waals surface area contributed by atoms with Gasteiger partial charge in [0.2, 0.25) is 11.8 Å². The minimum absolute atomic E-state index is 0.0460. The SMILES string of the molecule is COCCN(CC(=O)N(CCc1ccc(OC)c(OC)c1)Cc1sccc1C)C(=O)C(C)Cl. The highest BCUT2D eigenvalue weighted by Gasteiger charge is 2.24. The molecule has 7 nitrogen and oxygen atoms in total. The monoisotopic (exact) mass is 496 g/mol. The van der Waals surface area contributed by atoms with Gasteiger partial charge in [0.05, 0.1) is 33.9 Å². The van der Waals surface area contributed by atoms with E-state index in [1.807, 2.05) is 36.6 Å². The number of alkyl halides is 1. The maximum Gasteiger partial charge on any atom is 0.242 e. The molecule has 0 N–H and O–H groups in total. The van der Waals surface area contributed by atoms with Gasteiger partial charge in [0.25, 0.3) is 0 Å². The molecule has 2 aromatic rings. The van der Waals surface area contributed by atoms with Crippen molar-refractivity contribution in [3.05, 3.63) is 45.6 Å². The van der Waals surface area contributed by atoms with E-state index >= 15 is 0 Å². The normalized spacial score (nSPS) is 11.7. The molecule has 0 aliphatic rings. The van der Waals surface area contributed by atoms with Gasteiger partial charge in [-0.05, 0) is 55.0 Å². The lowest BCUT2D eigenvalue weighted by Gasteiger charge is -2.28. The van der Waals surface area contributed by atoms with Gasteiger partial charge in [0.1, 0.15) is 5.38 Å². The van der Waals surface area contributed by atoms with Crippen LogP contribution >= 0.6 is 22.9 Å². The van der Waals surface area contributed by atoms with Crippen LogP contribution in [0.15, 0.2) is 29.6 Å². The Balaban J connectivity index is 2.19. The molecule has 9 heteroatoms. The number of carbonyl (C=O) groups is 2. The lowest BCUT2D eigenvalue weighted by molar-refractivity contribution is -0.141. The standard InChI is InChI=1S/C24H33ClN2O5S/c1-17-9-13-33-22(17)15-26(10-8-19-6-7-20(31-4)21(14-19)32-5)23(28)16-27(11-12-30-3)24(29)18(2)25/h6-7,9,13-14,18H,8,10-12,15-16H2,1-5H3. The van der Waals surface area contributed by atoms with Crippen LogP contribution in [0.5, 0.6) is 11.5 Å². The molecule has 0 saturated heterocycles. The van der Waals surface area contributed by atoms with Gasteiger partial charge in [-0.15, -0.1) is 22.9 Å². The average molecular weight is 497 g/mol. The highest BCUT2D eigenvalue weighted by molar-refractivity contribution is 7.10. The lowest BCUT2D eigenvalue weighted by Crippen LogP contribution is -2.46. The minimum Gasteiger partial charge on any atom is -0.493 e. The van der Waals surface area contributed by atoms with E-state index in [1.165, 1.54) is 4.90 Å². The predicted molar refractivity (Wildman–Crippen MR) is 131 cm³/mol. The summed E-state index contributed by atoms with van der Waals surface area (Å²) in [6.45, 7) is 5.21. The number of ether oxygens (including phenoxy) is 3. The first-order chi connectivity index (χ1) is 15.8. The molecule has 0 radical (unpaired) electrons. The zero-order valence-electron chi connectivity index (χ0n) is 19.9. The molecule has 0 fully saturated rings. The number of benzene rings is 1. The maximum atomic E-state index is 13.3. The summed E-state index contributed by atoms with van der Waals surface area (Å²) in [7, 11) is 4.75. The second-order valence-electron chi connectivity index (χ2n) is 7.65. The smallest absolute Gasteiger partial charge is 0.242 e. The Kier molecular flexibility index (Phi) is 11.0. The summed E-state index contributed by atoms with van der Waals surface area (Å²) in [5.74, 6) is 0.888. The van der Waals surface area contributed by atoms with Crippen LogP contribution in [0.2, 0.25) is 0 Å². The molecule has 0 aliphatic carbocycles. The van der Waals surface area contributed by atoms with E-state index in [2.05, 4.69) is 0 Å². The summed E-state index contributed by atoms with van der Waals surface area (Å²) < 4.78 is 15.8. The zero-order chi connectivity index (χ0) is 24.4. The van der Waals surface area contributed by atoms with E-state index in [0.717, 1.165) is 16.0 Å². The summed E-state index contributed by atoms with van der Waals surface area (Å²) in [6, 6.07) is 7.78. The Morgan fingerprint density at radius 1 is 1.06 bits per heavy atom. The average Bonchev–Trinajstić information content (AvgIpc) is 3.22. The van der Waals surface area contributed by atoms with Gasteiger partial charge in [-0.2, -0.15) is 0 Å². The summed E-state index contributed by atoms with van der Waals surface area (Å²) >= 11 is 7.64. The van der Waals surface area contributed by atoms with E-state index < -0.39 is 5.38 Å². The van der Waals surface area contributed by atoms with Gasteiger partial charge in [-0.3, -0.25) is 9.59 Å². The van der Waals surface area contributed by atoms with Crippen LogP contribution in [-0.4, -0.2) is 74.6 Å². The molecule has 1 aromatic heterocycles. The van der Waals surface area contributed by atoms with E-state index in [1.54, 1.807) is 44.5 Å². The molecule has 182 valence electrons. The van der Waals surface area contributed by atoms with Gasteiger partial charge >= 0.3 is 0 Å². The predicted octanol–water partition coefficient (Wildman–Crippen LogP) is 3.75. The number of rotatable bonds is 13. The first kappa shape index (κ1) is 27.0. The summed E-state index contributed by atoms with van der Waals surface area (Å²) in [6.07, 6.45) is 0.633. The largest absolute Gasteiger partial charge is 0.493 e. The molecule has 0 spiro atoms. The lowest BCUT2D eigenvalue weighted by atomic mass is 10.1. The molecule has 33 heavy (non-hydrogen) atoms. The fourth-order valence-electron chi connectivity index (χ4n) is 3.32.